The maximum atomic E-state index is 5.64. The first-order valence-corrected chi connectivity index (χ1v) is 8.44. The van der Waals surface area contributed by atoms with E-state index in [1.54, 1.807) is 28.4 Å². The average molecular weight is 352 g/mol. The van der Waals surface area contributed by atoms with Crippen molar-refractivity contribution >= 4 is 10.8 Å². The molecule has 1 heterocycles. The van der Waals surface area contributed by atoms with Gasteiger partial charge in [0.25, 0.3) is 0 Å². The van der Waals surface area contributed by atoms with Gasteiger partial charge in [0.15, 0.2) is 29.2 Å². The minimum atomic E-state index is 0.735. The van der Waals surface area contributed by atoms with E-state index in [0.717, 1.165) is 34.8 Å². The molecular weight excluding hydrogens is 330 g/mol. The number of methoxy groups -OCH3 is 4. The molecule has 0 atom stereocenters. The van der Waals surface area contributed by atoms with Crippen molar-refractivity contribution in [2.24, 2.45) is 7.05 Å². The Bertz CT molecular complexity index is 1030. The van der Waals surface area contributed by atoms with Gasteiger partial charge in [-0.2, -0.15) is 4.57 Å². The molecule has 4 rings (SSSR count). The van der Waals surface area contributed by atoms with Crippen LogP contribution in [-0.4, -0.2) is 28.4 Å². The quantitative estimate of drug-likeness (QED) is 0.529. The van der Waals surface area contributed by atoms with Crippen molar-refractivity contribution in [3.8, 4) is 34.3 Å². The Labute approximate surface area is 152 Å². The van der Waals surface area contributed by atoms with Gasteiger partial charge in [-0.05, 0) is 29.8 Å². The zero-order valence-electron chi connectivity index (χ0n) is 15.7. The molecule has 5 nitrogen and oxygen atoms in total. The van der Waals surface area contributed by atoms with Crippen LogP contribution in [0.5, 0.6) is 23.0 Å². The molecule has 0 aliphatic heterocycles. The molecule has 0 N–H and O–H groups in total. The second-order valence-electron chi connectivity index (χ2n) is 6.37. The van der Waals surface area contributed by atoms with Crippen LogP contribution >= 0.6 is 0 Å². The lowest BCUT2D eigenvalue weighted by molar-refractivity contribution is -0.659. The van der Waals surface area contributed by atoms with Crippen LogP contribution in [0.15, 0.2) is 30.5 Å². The molecule has 0 saturated carbocycles. The number of hydrogen-bond acceptors (Lipinski definition) is 4. The zero-order chi connectivity index (χ0) is 18.4. The second-order valence-corrected chi connectivity index (χ2v) is 6.37. The van der Waals surface area contributed by atoms with E-state index >= 15 is 0 Å². The summed E-state index contributed by atoms with van der Waals surface area (Å²) in [7, 11) is 8.72. The van der Waals surface area contributed by atoms with Gasteiger partial charge in [0, 0.05) is 17.4 Å². The first-order chi connectivity index (χ1) is 12.6. The van der Waals surface area contributed by atoms with Gasteiger partial charge < -0.3 is 18.9 Å². The largest absolute Gasteiger partial charge is 0.493 e. The third-order valence-corrected chi connectivity index (χ3v) is 5.10. The van der Waals surface area contributed by atoms with Crippen molar-refractivity contribution in [2.75, 3.05) is 28.4 Å². The number of hydrogen-bond donors (Lipinski definition) is 0. The first-order valence-electron chi connectivity index (χ1n) is 8.44. The molecule has 0 spiro atoms. The summed E-state index contributed by atoms with van der Waals surface area (Å²) in [6.07, 6.45) is 2.94. The molecule has 0 saturated heterocycles. The van der Waals surface area contributed by atoms with E-state index in [1.807, 2.05) is 6.07 Å². The molecule has 1 aromatic heterocycles. The maximum absolute atomic E-state index is 5.64. The van der Waals surface area contributed by atoms with Crippen LogP contribution in [0.3, 0.4) is 0 Å². The Morgan fingerprint density at radius 2 is 1.50 bits per heavy atom. The van der Waals surface area contributed by atoms with Crippen molar-refractivity contribution in [1.82, 2.24) is 0 Å². The van der Waals surface area contributed by atoms with Crippen LogP contribution in [0.4, 0.5) is 0 Å². The van der Waals surface area contributed by atoms with E-state index in [2.05, 4.69) is 36.0 Å². The number of aryl methyl sites for hydroxylation is 1. The van der Waals surface area contributed by atoms with E-state index in [-0.39, 0.29) is 0 Å². The highest BCUT2D eigenvalue weighted by Gasteiger charge is 2.32. The van der Waals surface area contributed by atoms with Crippen LogP contribution in [0, 0.1) is 0 Å². The highest BCUT2D eigenvalue weighted by molar-refractivity contribution is 5.96. The van der Waals surface area contributed by atoms with Crippen molar-refractivity contribution in [2.45, 2.75) is 6.42 Å². The number of nitrogens with zero attached hydrogens (tertiary/aromatic N) is 1. The Morgan fingerprint density at radius 1 is 0.808 bits per heavy atom. The molecule has 0 radical (unpaired) electrons. The number of rotatable bonds is 4. The smallest absolute Gasteiger partial charge is 0.216 e. The van der Waals surface area contributed by atoms with Crippen molar-refractivity contribution in [1.29, 1.82) is 0 Å². The first kappa shape index (κ1) is 16.5. The summed E-state index contributed by atoms with van der Waals surface area (Å²) in [6, 6.07) is 8.20. The van der Waals surface area contributed by atoms with Crippen LogP contribution in [0.1, 0.15) is 11.1 Å². The Kier molecular flexibility index (Phi) is 3.87. The van der Waals surface area contributed by atoms with Gasteiger partial charge in [0.1, 0.15) is 7.05 Å². The molecule has 0 fully saturated rings. The predicted molar refractivity (Wildman–Crippen MR) is 99.6 cm³/mol. The zero-order valence-corrected chi connectivity index (χ0v) is 15.7. The summed E-state index contributed by atoms with van der Waals surface area (Å²) in [4.78, 5) is 0. The van der Waals surface area contributed by atoms with Gasteiger partial charge in [0.05, 0.1) is 39.4 Å². The Balaban J connectivity index is 2.02. The van der Waals surface area contributed by atoms with Gasteiger partial charge in [-0.25, -0.2) is 0 Å². The Morgan fingerprint density at radius 3 is 2.15 bits per heavy atom. The number of pyridine rings is 1. The molecule has 26 heavy (non-hydrogen) atoms. The average Bonchev–Trinajstić information content (AvgIpc) is 3.04. The normalized spacial score (nSPS) is 11.9. The fourth-order valence-corrected chi connectivity index (χ4v) is 3.95. The van der Waals surface area contributed by atoms with Crippen molar-refractivity contribution < 1.29 is 23.5 Å². The third kappa shape index (κ3) is 2.20. The minimum Gasteiger partial charge on any atom is -0.493 e. The summed E-state index contributed by atoms with van der Waals surface area (Å²) in [6.45, 7) is 0. The molecule has 134 valence electrons. The van der Waals surface area contributed by atoms with Crippen molar-refractivity contribution in [3.63, 3.8) is 0 Å². The molecule has 0 amide bonds. The number of benzene rings is 2. The van der Waals surface area contributed by atoms with E-state index < -0.39 is 0 Å². The van der Waals surface area contributed by atoms with E-state index in [0.29, 0.717) is 0 Å². The van der Waals surface area contributed by atoms with E-state index in [1.165, 1.54) is 27.8 Å². The van der Waals surface area contributed by atoms with Gasteiger partial charge in [-0.3, -0.25) is 0 Å². The topological polar surface area (TPSA) is 40.8 Å². The summed E-state index contributed by atoms with van der Waals surface area (Å²) >= 11 is 0. The number of aromatic nitrogens is 1. The van der Waals surface area contributed by atoms with Gasteiger partial charge >= 0.3 is 0 Å². The SMILES string of the molecule is COc1cc2c(cc1OC)-c1c(c3ccc(OC)c(OC)c3c[n+]1C)C2. The second kappa shape index (κ2) is 6.09. The number of fused-ring (bicyclic) bond motifs is 5. The molecule has 3 aromatic rings. The van der Waals surface area contributed by atoms with Crippen LogP contribution in [-0.2, 0) is 13.5 Å². The van der Waals surface area contributed by atoms with Crippen LogP contribution in [0.2, 0.25) is 0 Å². The lowest BCUT2D eigenvalue weighted by Crippen LogP contribution is -2.31. The molecule has 0 unspecified atom stereocenters. The number of ether oxygens (including phenoxy) is 4. The minimum absolute atomic E-state index is 0.735. The van der Waals surface area contributed by atoms with Gasteiger partial charge in [-0.15, -0.1) is 0 Å². The summed E-state index contributed by atoms with van der Waals surface area (Å²) in [5.74, 6) is 2.99. The monoisotopic (exact) mass is 352 g/mol. The van der Waals surface area contributed by atoms with Crippen LogP contribution < -0.4 is 23.5 Å². The molecule has 5 heteroatoms. The Hall–Kier alpha value is -2.95. The van der Waals surface area contributed by atoms with Gasteiger partial charge in [-0.1, -0.05) is 0 Å². The van der Waals surface area contributed by atoms with Gasteiger partial charge in [0.2, 0.25) is 5.69 Å². The lowest BCUT2D eigenvalue weighted by Gasteiger charge is -2.12. The fourth-order valence-electron chi connectivity index (χ4n) is 3.95. The van der Waals surface area contributed by atoms with Crippen molar-refractivity contribution in [3.05, 3.63) is 41.6 Å². The van der Waals surface area contributed by atoms with Crippen LogP contribution in [0.25, 0.3) is 22.0 Å². The third-order valence-electron chi connectivity index (χ3n) is 5.10. The summed E-state index contributed by atoms with van der Waals surface area (Å²) < 4.78 is 24.2. The lowest BCUT2D eigenvalue weighted by atomic mass is 10.0. The predicted octanol–water partition coefficient (Wildman–Crippen LogP) is 3.27. The molecular formula is C21H22NO4+. The standard InChI is InChI=1S/C21H22NO4/c1-22-11-16-13(6-7-17(23-2)21(16)26-5)15-8-12-9-18(24-3)19(25-4)10-14(12)20(15)22/h6-7,9-11H,8H2,1-5H3/q+1. The summed E-state index contributed by atoms with van der Waals surface area (Å²) in [5.41, 5.74) is 4.88. The highest BCUT2D eigenvalue weighted by atomic mass is 16.5. The molecule has 2 aromatic carbocycles. The highest BCUT2D eigenvalue weighted by Crippen LogP contribution is 2.45. The maximum Gasteiger partial charge on any atom is 0.216 e. The summed E-state index contributed by atoms with van der Waals surface area (Å²) in [5, 5.41) is 2.21. The molecule has 1 aliphatic carbocycles. The molecule has 1 aliphatic rings. The van der Waals surface area contributed by atoms with E-state index in [4.69, 9.17) is 18.9 Å². The molecule has 0 bridgehead atoms. The fraction of sp³-hybridized carbons (Fsp3) is 0.286. The van der Waals surface area contributed by atoms with E-state index in [9.17, 15) is 0 Å².